The van der Waals surface area contributed by atoms with Gasteiger partial charge in [0.2, 0.25) is 0 Å². The van der Waals surface area contributed by atoms with E-state index in [-0.39, 0.29) is 35.6 Å². The second-order valence-electron chi connectivity index (χ2n) is 9.09. The van der Waals surface area contributed by atoms with Crippen LogP contribution in [0.1, 0.15) is 36.7 Å². The Labute approximate surface area is 241 Å². The number of benzene rings is 1. The number of anilines is 1. The summed E-state index contributed by atoms with van der Waals surface area (Å²) < 4.78 is 53.2. The van der Waals surface area contributed by atoms with Gasteiger partial charge in [-0.15, -0.1) is 0 Å². The highest BCUT2D eigenvalue weighted by Gasteiger charge is 2.43. The van der Waals surface area contributed by atoms with Crippen LogP contribution in [0, 0.1) is 10.1 Å². The van der Waals surface area contributed by atoms with Gasteiger partial charge in [-0.3, -0.25) is 19.2 Å². The van der Waals surface area contributed by atoms with E-state index in [1.54, 1.807) is 19.1 Å². The first-order valence-corrected chi connectivity index (χ1v) is 16.5. The molecule has 236 valence electrons. The first kappa shape index (κ1) is 33.2. The van der Waals surface area contributed by atoms with Crippen molar-refractivity contribution in [2.24, 2.45) is 5.73 Å². The molecule has 0 aliphatic carbocycles. The van der Waals surface area contributed by atoms with Crippen LogP contribution in [0.2, 0.25) is 0 Å². The van der Waals surface area contributed by atoms with Gasteiger partial charge in [-0.25, -0.2) is 28.6 Å². The number of nitro benzene ring substituents is 1. The number of rotatable bonds is 13. The fraction of sp³-hybridized carbons (Fsp3) is 0.421. The monoisotopic (exact) mass is 669 g/mol. The molecule has 24 heteroatoms. The van der Waals surface area contributed by atoms with Crippen LogP contribution in [0.5, 0.6) is 0 Å². The first-order valence-electron chi connectivity index (χ1n) is 12.0. The van der Waals surface area contributed by atoms with Crippen molar-refractivity contribution in [2.75, 3.05) is 11.9 Å². The molecule has 1 fully saturated rings. The molecule has 21 nitrogen and oxygen atoms in total. The molecule has 0 amide bonds. The van der Waals surface area contributed by atoms with Gasteiger partial charge in [0.15, 0.2) is 17.0 Å². The second-order valence-corrected chi connectivity index (χ2v) is 13.5. The van der Waals surface area contributed by atoms with Crippen LogP contribution < -0.4 is 11.1 Å². The predicted molar refractivity (Wildman–Crippen MR) is 143 cm³/mol. The molecule has 1 aliphatic heterocycles. The standard InChI is InChI=1S/C19H26N7O14P3/c1-10(12-3-2-11(6-20)4-13(12)26(28)29)24-18-17-19(22-8-21-18)25(9-23-17)16-5-14(27)15(38-16)7-37-42(33,34)40-43(35,36)39-41(30,31)32/h2-4,8-10,14-16,27H,5-7,20H2,1H3,(H,33,34)(H,35,36)(H,21,22,24)(H2,30,31,32)/t10?,14-,15-,16-/m1/s1. The van der Waals surface area contributed by atoms with Crippen molar-refractivity contribution in [2.45, 2.75) is 44.4 Å². The molecule has 6 atom stereocenters. The number of hydrogen-bond donors (Lipinski definition) is 7. The van der Waals surface area contributed by atoms with Gasteiger partial charge in [-0.1, -0.05) is 6.07 Å². The summed E-state index contributed by atoms with van der Waals surface area (Å²) in [6.07, 6.45) is -1.04. The lowest BCUT2D eigenvalue weighted by Crippen LogP contribution is -2.26. The summed E-state index contributed by atoms with van der Waals surface area (Å²) in [4.78, 5) is 59.9. The van der Waals surface area contributed by atoms with E-state index in [1.807, 2.05) is 0 Å². The number of nitrogens with one attached hydrogen (secondary N) is 1. The Kier molecular flexibility index (Phi) is 9.80. The zero-order valence-corrected chi connectivity index (χ0v) is 24.6. The molecule has 1 aliphatic rings. The molecule has 1 saturated heterocycles. The number of hydrogen-bond acceptors (Lipinski definition) is 15. The van der Waals surface area contributed by atoms with Crippen molar-refractivity contribution >= 4 is 46.1 Å². The molecule has 3 aromatic rings. The maximum atomic E-state index is 12.0. The number of imidazole rings is 1. The lowest BCUT2D eigenvalue weighted by Gasteiger charge is -2.19. The molecule has 3 unspecified atom stereocenters. The number of nitro groups is 1. The van der Waals surface area contributed by atoms with Crippen LogP contribution >= 0.6 is 23.5 Å². The molecular formula is C19H26N7O14P3. The van der Waals surface area contributed by atoms with Crippen molar-refractivity contribution in [3.05, 3.63) is 52.1 Å². The van der Waals surface area contributed by atoms with Gasteiger partial charge in [0, 0.05) is 19.0 Å². The summed E-state index contributed by atoms with van der Waals surface area (Å²) in [5.41, 5.74) is 6.92. The fourth-order valence-electron chi connectivity index (χ4n) is 4.20. The van der Waals surface area contributed by atoms with Crippen LogP contribution in [0.15, 0.2) is 30.9 Å². The second kappa shape index (κ2) is 12.7. The van der Waals surface area contributed by atoms with E-state index in [4.69, 9.17) is 20.3 Å². The molecular weight excluding hydrogens is 643 g/mol. The van der Waals surface area contributed by atoms with Crippen LogP contribution in [0.3, 0.4) is 0 Å². The summed E-state index contributed by atoms with van der Waals surface area (Å²) >= 11 is 0. The van der Waals surface area contributed by atoms with Crippen LogP contribution in [-0.2, 0) is 38.1 Å². The van der Waals surface area contributed by atoms with Crippen LogP contribution in [-0.4, -0.2) is 67.9 Å². The van der Waals surface area contributed by atoms with Gasteiger partial charge >= 0.3 is 23.5 Å². The number of aromatic nitrogens is 4. The highest BCUT2D eigenvalue weighted by molar-refractivity contribution is 7.66. The van der Waals surface area contributed by atoms with Gasteiger partial charge in [-0.05, 0) is 18.6 Å². The Morgan fingerprint density at radius 3 is 2.56 bits per heavy atom. The molecule has 0 bridgehead atoms. The van der Waals surface area contributed by atoms with Crippen LogP contribution in [0.4, 0.5) is 11.5 Å². The quantitative estimate of drug-likeness (QED) is 0.0767. The van der Waals surface area contributed by atoms with E-state index in [1.165, 1.54) is 23.3 Å². The Morgan fingerprint density at radius 2 is 1.91 bits per heavy atom. The van der Waals surface area contributed by atoms with Gasteiger partial charge in [0.1, 0.15) is 18.7 Å². The summed E-state index contributed by atoms with van der Waals surface area (Å²) in [5.74, 6) is 0.233. The topological polar surface area (TPSA) is 314 Å². The Hall–Kier alpha value is -2.74. The minimum absolute atomic E-state index is 0.0846. The zero-order chi connectivity index (χ0) is 31.7. The van der Waals surface area contributed by atoms with E-state index in [0.29, 0.717) is 11.1 Å². The van der Waals surface area contributed by atoms with Gasteiger partial charge in [0.05, 0.1) is 35.6 Å². The maximum absolute atomic E-state index is 12.0. The first-order chi connectivity index (χ1) is 20.0. The average molecular weight is 669 g/mol. The summed E-state index contributed by atoms with van der Waals surface area (Å²) in [7, 11) is -16.7. The summed E-state index contributed by atoms with van der Waals surface area (Å²) in [5, 5.41) is 25.1. The fourth-order valence-corrected chi connectivity index (χ4v) is 7.23. The number of phosphoric acid groups is 3. The number of phosphoric ester groups is 1. The molecule has 43 heavy (non-hydrogen) atoms. The normalized spacial score (nSPS) is 22.6. The number of nitrogens with zero attached hydrogens (tertiary/aromatic N) is 5. The van der Waals surface area contributed by atoms with Crippen molar-refractivity contribution in [1.29, 1.82) is 0 Å². The molecule has 0 saturated carbocycles. The minimum Gasteiger partial charge on any atom is -0.390 e. The predicted octanol–water partition coefficient (Wildman–Crippen LogP) is 1.36. The maximum Gasteiger partial charge on any atom is 0.490 e. The molecule has 0 radical (unpaired) electrons. The van der Waals surface area contributed by atoms with Crippen LogP contribution in [0.25, 0.3) is 11.2 Å². The number of aliphatic hydroxyl groups is 1. The molecule has 1 aromatic carbocycles. The molecule has 8 N–H and O–H groups in total. The van der Waals surface area contributed by atoms with Gasteiger partial charge in [0.25, 0.3) is 5.69 Å². The van der Waals surface area contributed by atoms with Crippen molar-refractivity contribution in [3.63, 3.8) is 0 Å². The van der Waals surface area contributed by atoms with Gasteiger partial charge < -0.3 is 40.5 Å². The number of nitrogens with two attached hydrogens (primary N) is 1. The summed E-state index contributed by atoms with van der Waals surface area (Å²) in [6, 6.07) is 4.06. The van der Waals surface area contributed by atoms with Gasteiger partial charge in [-0.2, -0.15) is 8.62 Å². The Balaban J connectivity index is 1.46. The highest BCUT2D eigenvalue weighted by atomic mass is 31.3. The average Bonchev–Trinajstić information content (AvgIpc) is 3.48. The van der Waals surface area contributed by atoms with Crippen molar-refractivity contribution in [3.8, 4) is 0 Å². The number of ether oxygens (including phenoxy) is 1. The van der Waals surface area contributed by atoms with E-state index in [9.17, 15) is 38.7 Å². The third-order valence-electron chi connectivity index (χ3n) is 6.04. The Morgan fingerprint density at radius 1 is 1.19 bits per heavy atom. The SMILES string of the molecule is CC(Nc1ncnc2c1ncn2[C@H]1C[C@@H](O)[C@@H](COP(=O)(O)OP(=O)(O)OP(=O)(O)O)O1)c1ccc(CN)cc1[N+](=O)[O-]. The third kappa shape index (κ3) is 8.25. The summed E-state index contributed by atoms with van der Waals surface area (Å²) in [6.45, 7) is 0.965. The number of fused-ring (bicyclic) bond motifs is 1. The lowest BCUT2D eigenvalue weighted by atomic mass is 10.0. The van der Waals surface area contributed by atoms with Crippen molar-refractivity contribution < 1.29 is 61.2 Å². The molecule has 4 rings (SSSR count). The van der Waals surface area contributed by atoms with E-state index in [0.717, 1.165) is 0 Å². The zero-order valence-electron chi connectivity index (χ0n) is 21.9. The van der Waals surface area contributed by atoms with E-state index >= 15 is 0 Å². The minimum atomic E-state index is -5.71. The largest absolute Gasteiger partial charge is 0.490 e. The molecule has 0 spiro atoms. The molecule has 3 heterocycles. The van der Waals surface area contributed by atoms with E-state index in [2.05, 4.69) is 33.4 Å². The highest BCUT2D eigenvalue weighted by Crippen LogP contribution is 2.66. The number of aliphatic hydroxyl groups excluding tert-OH is 1. The van der Waals surface area contributed by atoms with Crippen molar-refractivity contribution in [1.82, 2.24) is 19.5 Å². The lowest BCUT2D eigenvalue weighted by molar-refractivity contribution is -0.385. The Bertz CT molecular complexity index is 1650. The third-order valence-corrected chi connectivity index (χ3v) is 9.84. The molecule has 2 aromatic heterocycles. The smallest absolute Gasteiger partial charge is 0.390 e. The van der Waals surface area contributed by atoms with E-state index < -0.39 is 59.5 Å².